The van der Waals surface area contributed by atoms with Gasteiger partial charge in [0.2, 0.25) is 5.91 Å². The average molecular weight is 417 g/mol. The Hall–Kier alpha value is -3.13. The maximum Gasteiger partial charge on any atom is 0.348 e. The molecule has 1 N–H and O–H groups in total. The molecule has 0 bridgehead atoms. The predicted molar refractivity (Wildman–Crippen MR) is 112 cm³/mol. The Bertz CT molecular complexity index is 914. The Balaban J connectivity index is 2.25. The molecule has 1 aromatic carbocycles. The highest BCUT2D eigenvalue weighted by Crippen LogP contribution is 2.34. The minimum Gasteiger partial charge on any atom is -0.497 e. The minimum absolute atomic E-state index is 0.158. The number of carbonyl (C=O) groups excluding carboxylic acids is 3. The molecule has 0 saturated carbocycles. The number of nitrogens with one attached hydrogen (secondary N) is 1. The van der Waals surface area contributed by atoms with Gasteiger partial charge in [-0.3, -0.25) is 4.79 Å². The third-order valence-electron chi connectivity index (χ3n) is 3.87. The van der Waals surface area contributed by atoms with Gasteiger partial charge in [0, 0.05) is 6.08 Å². The van der Waals surface area contributed by atoms with Crippen molar-refractivity contribution in [3.63, 3.8) is 0 Å². The van der Waals surface area contributed by atoms with Crippen LogP contribution in [0, 0.1) is 6.92 Å². The highest BCUT2D eigenvalue weighted by molar-refractivity contribution is 7.18. The van der Waals surface area contributed by atoms with E-state index in [9.17, 15) is 14.4 Å². The van der Waals surface area contributed by atoms with Gasteiger partial charge in [-0.2, -0.15) is 0 Å². The lowest BCUT2D eigenvalue weighted by Gasteiger charge is -2.05. The summed E-state index contributed by atoms with van der Waals surface area (Å²) in [6.45, 7) is 5.38. The molecule has 2 aromatic rings. The van der Waals surface area contributed by atoms with Crippen LogP contribution in [0.3, 0.4) is 0 Å². The van der Waals surface area contributed by atoms with Crippen LogP contribution in [0.25, 0.3) is 6.08 Å². The fourth-order valence-corrected chi connectivity index (χ4v) is 3.57. The molecule has 8 heteroatoms. The molecule has 0 aliphatic heterocycles. The molecule has 29 heavy (non-hydrogen) atoms. The van der Waals surface area contributed by atoms with Crippen LogP contribution in [-0.4, -0.2) is 38.2 Å². The molecule has 0 aliphatic rings. The smallest absolute Gasteiger partial charge is 0.348 e. The molecule has 1 amide bonds. The first kappa shape index (κ1) is 22.2. The number of thiophene rings is 1. The molecule has 0 fully saturated rings. The number of anilines is 1. The molecule has 2 rings (SSSR count). The highest BCUT2D eigenvalue weighted by atomic mass is 32.1. The van der Waals surface area contributed by atoms with Crippen LogP contribution in [0.1, 0.15) is 45.0 Å². The molecule has 0 aliphatic carbocycles. The second kappa shape index (κ2) is 10.4. The number of methoxy groups -OCH3 is 1. The summed E-state index contributed by atoms with van der Waals surface area (Å²) < 4.78 is 15.2. The van der Waals surface area contributed by atoms with E-state index in [0.29, 0.717) is 11.3 Å². The number of amides is 1. The van der Waals surface area contributed by atoms with Crippen LogP contribution in [0.15, 0.2) is 30.3 Å². The number of hydrogen-bond donors (Lipinski definition) is 1. The topological polar surface area (TPSA) is 90.9 Å². The average Bonchev–Trinajstić information content (AvgIpc) is 3.03. The van der Waals surface area contributed by atoms with E-state index in [4.69, 9.17) is 14.2 Å². The fourth-order valence-electron chi connectivity index (χ4n) is 2.48. The van der Waals surface area contributed by atoms with Crippen LogP contribution in [0.2, 0.25) is 0 Å². The van der Waals surface area contributed by atoms with Crippen molar-refractivity contribution in [2.24, 2.45) is 0 Å². The third-order valence-corrected chi connectivity index (χ3v) is 5.05. The Morgan fingerprint density at radius 2 is 1.66 bits per heavy atom. The SMILES string of the molecule is CCOC(=O)c1sc(NC(=O)/C=C/c2ccc(OC)cc2)c(C(=O)OCC)c1C. The van der Waals surface area contributed by atoms with Gasteiger partial charge in [-0.1, -0.05) is 12.1 Å². The Kier molecular flexibility index (Phi) is 7.97. The van der Waals surface area contributed by atoms with Crippen LogP contribution < -0.4 is 10.1 Å². The van der Waals surface area contributed by atoms with Crippen LogP contribution in [-0.2, 0) is 14.3 Å². The number of rotatable bonds is 8. The molecular formula is C21H23NO6S. The summed E-state index contributed by atoms with van der Waals surface area (Å²) in [5.74, 6) is -0.879. The van der Waals surface area contributed by atoms with Crippen molar-refractivity contribution in [3.8, 4) is 5.75 Å². The highest BCUT2D eigenvalue weighted by Gasteiger charge is 2.26. The Morgan fingerprint density at radius 1 is 1.03 bits per heavy atom. The molecule has 154 valence electrons. The summed E-state index contributed by atoms with van der Waals surface area (Å²) in [7, 11) is 1.58. The molecule has 7 nitrogen and oxygen atoms in total. The van der Waals surface area contributed by atoms with E-state index in [1.807, 2.05) is 0 Å². The standard InChI is InChI=1S/C21H23NO6S/c1-5-27-20(24)17-13(3)18(21(25)28-6-2)29-19(17)22-16(23)12-9-14-7-10-15(26-4)11-8-14/h7-12H,5-6H2,1-4H3,(H,22,23)/b12-9+. The normalized spacial score (nSPS) is 10.6. The van der Waals surface area contributed by atoms with Crippen LogP contribution in [0.4, 0.5) is 5.00 Å². The first-order valence-electron chi connectivity index (χ1n) is 9.01. The van der Waals surface area contributed by atoms with Gasteiger partial charge in [-0.05, 0) is 50.1 Å². The van der Waals surface area contributed by atoms with E-state index in [1.165, 1.54) is 6.08 Å². The number of hydrogen-bond acceptors (Lipinski definition) is 7. The minimum atomic E-state index is -0.605. The number of ether oxygens (including phenoxy) is 3. The number of esters is 2. The van der Waals surface area contributed by atoms with Crippen LogP contribution >= 0.6 is 11.3 Å². The van der Waals surface area contributed by atoms with Crippen molar-refractivity contribution in [1.29, 1.82) is 0 Å². The summed E-state index contributed by atoms with van der Waals surface area (Å²) in [6, 6.07) is 7.18. The van der Waals surface area contributed by atoms with E-state index < -0.39 is 17.8 Å². The van der Waals surface area contributed by atoms with E-state index >= 15 is 0 Å². The summed E-state index contributed by atoms with van der Waals surface area (Å²) in [5.41, 5.74) is 1.38. The Morgan fingerprint density at radius 3 is 2.24 bits per heavy atom. The largest absolute Gasteiger partial charge is 0.497 e. The fraction of sp³-hybridized carbons (Fsp3) is 0.286. The zero-order valence-electron chi connectivity index (χ0n) is 16.7. The first-order valence-corrected chi connectivity index (χ1v) is 9.83. The summed E-state index contributed by atoms with van der Waals surface area (Å²) in [5, 5.41) is 2.90. The van der Waals surface area contributed by atoms with Crippen molar-refractivity contribution in [1.82, 2.24) is 0 Å². The maximum atomic E-state index is 12.4. The quantitative estimate of drug-likeness (QED) is 0.514. The lowest BCUT2D eigenvalue weighted by Crippen LogP contribution is -2.13. The third kappa shape index (κ3) is 5.68. The summed E-state index contributed by atoms with van der Waals surface area (Å²) in [4.78, 5) is 37.1. The molecule has 1 aromatic heterocycles. The maximum absolute atomic E-state index is 12.4. The summed E-state index contributed by atoms with van der Waals surface area (Å²) >= 11 is 0.986. The lowest BCUT2D eigenvalue weighted by molar-refractivity contribution is -0.111. The second-order valence-corrected chi connectivity index (χ2v) is 6.82. The van der Waals surface area contributed by atoms with Gasteiger partial charge in [-0.25, -0.2) is 9.59 Å². The molecular weight excluding hydrogens is 394 g/mol. The number of benzene rings is 1. The van der Waals surface area contributed by atoms with Gasteiger partial charge >= 0.3 is 11.9 Å². The molecule has 1 heterocycles. The van der Waals surface area contributed by atoms with E-state index in [-0.39, 0.29) is 28.7 Å². The lowest BCUT2D eigenvalue weighted by atomic mass is 10.1. The van der Waals surface area contributed by atoms with Crippen molar-refractivity contribution >= 4 is 40.3 Å². The second-order valence-electron chi connectivity index (χ2n) is 5.80. The molecule has 0 saturated heterocycles. The van der Waals surface area contributed by atoms with Gasteiger partial charge in [-0.15, -0.1) is 11.3 Å². The van der Waals surface area contributed by atoms with Crippen molar-refractivity contribution in [3.05, 3.63) is 51.9 Å². The van der Waals surface area contributed by atoms with Crippen molar-refractivity contribution in [2.75, 3.05) is 25.6 Å². The predicted octanol–water partition coefficient (Wildman–Crippen LogP) is 4.07. The zero-order chi connectivity index (χ0) is 21.4. The van der Waals surface area contributed by atoms with Crippen molar-refractivity contribution < 1.29 is 28.6 Å². The van der Waals surface area contributed by atoms with Gasteiger partial charge in [0.05, 0.1) is 25.9 Å². The van der Waals surface area contributed by atoms with E-state index in [1.54, 1.807) is 58.2 Å². The summed E-state index contributed by atoms with van der Waals surface area (Å²) in [6.07, 6.45) is 2.97. The molecule has 0 atom stereocenters. The van der Waals surface area contributed by atoms with Crippen molar-refractivity contribution in [2.45, 2.75) is 20.8 Å². The molecule has 0 spiro atoms. The zero-order valence-corrected chi connectivity index (χ0v) is 17.6. The van der Waals surface area contributed by atoms with E-state index in [0.717, 1.165) is 16.9 Å². The Labute approximate surface area is 173 Å². The van der Waals surface area contributed by atoms with Gasteiger partial charge < -0.3 is 19.5 Å². The molecule has 0 unspecified atom stereocenters. The van der Waals surface area contributed by atoms with Gasteiger partial charge in [0.15, 0.2) is 0 Å². The number of carbonyl (C=O) groups is 3. The van der Waals surface area contributed by atoms with E-state index in [2.05, 4.69) is 5.32 Å². The van der Waals surface area contributed by atoms with Crippen LogP contribution in [0.5, 0.6) is 5.75 Å². The van der Waals surface area contributed by atoms with Gasteiger partial charge in [0.1, 0.15) is 15.6 Å². The van der Waals surface area contributed by atoms with Gasteiger partial charge in [0.25, 0.3) is 0 Å². The monoisotopic (exact) mass is 417 g/mol. The molecule has 0 radical (unpaired) electrons. The first-order chi connectivity index (χ1) is 13.9.